The van der Waals surface area contributed by atoms with Crippen molar-refractivity contribution in [1.82, 2.24) is 14.9 Å². The molecule has 0 aliphatic carbocycles. The Kier molecular flexibility index (Phi) is 5.63. The third kappa shape index (κ3) is 4.30. The Hall–Kier alpha value is -0.920. The van der Waals surface area contributed by atoms with Crippen molar-refractivity contribution in [1.29, 1.82) is 0 Å². The predicted molar refractivity (Wildman–Crippen MR) is 96.5 cm³/mol. The standard InChI is InChI=1S/C13H10Cl3N3OS2/c14-13(15,16)11(19-7-6-9(21)17-12(19)20)18-10(22)8-4-2-1-3-5-8/h1-7,11H,(H,18,22)(H,17,20,21)/t11-/m1/s1. The number of rotatable bonds is 3. The van der Waals surface area contributed by atoms with Crippen LogP contribution in [0.25, 0.3) is 0 Å². The highest BCUT2D eigenvalue weighted by atomic mass is 35.6. The van der Waals surface area contributed by atoms with Crippen molar-refractivity contribution >= 4 is 64.2 Å². The first kappa shape index (κ1) is 17.4. The van der Waals surface area contributed by atoms with E-state index in [1.54, 1.807) is 0 Å². The molecule has 0 radical (unpaired) electrons. The van der Waals surface area contributed by atoms with E-state index in [-0.39, 0.29) is 4.64 Å². The fourth-order valence-electron chi connectivity index (χ4n) is 1.74. The number of halogens is 3. The van der Waals surface area contributed by atoms with Crippen LogP contribution in [0.15, 0.2) is 47.4 Å². The molecule has 0 spiro atoms. The monoisotopic (exact) mass is 393 g/mol. The summed E-state index contributed by atoms with van der Waals surface area (Å²) in [6.45, 7) is 0. The van der Waals surface area contributed by atoms with Gasteiger partial charge in [0.25, 0.3) is 0 Å². The summed E-state index contributed by atoms with van der Waals surface area (Å²) < 4.78 is -0.327. The molecule has 0 aliphatic rings. The van der Waals surface area contributed by atoms with E-state index < -0.39 is 15.6 Å². The molecule has 0 fully saturated rings. The molecule has 0 amide bonds. The zero-order chi connectivity index (χ0) is 16.3. The van der Waals surface area contributed by atoms with E-state index in [9.17, 15) is 4.79 Å². The largest absolute Gasteiger partial charge is 0.352 e. The summed E-state index contributed by atoms with van der Waals surface area (Å²) in [5.41, 5.74) is 0.237. The summed E-state index contributed by atoms with van der Waals surface area (Å²) in [4.78, 5) is 14.8. The summed E-state index contributed by atoms with van der Waals surface area (Å²) >= 11 is 28.1. The lowest BCUT2D eigenvalue weighted by Gasteiger charge is -2.28. The van der Waals surface area contributed by atoms with Gasteiger partial charge in [0, 0.05) is 11.8 Å². The first-order chi connectivity index (χ1) is 10.3. The minimum absolute atomic E-state index is 0.287. The number of aromatic amines is 1. The minimum atomic E-state index is -1.81. The highest BCUT2D eigenvalue weighted by Crippen LogP contribution is 2.36. The van der Waals surface area contributed by atoms with Gasteiger partial charge < -0.3 is 5.32 Å². The number of alkyl halides is 3. The van der Waals surface area contributed by atoms with E-state index in [1.165, 1.54) is 16.8 Å². The van der Waals surface area contributed by atoms with Gasteiger partial charge in [-0.3, -0.25) is 9.55 Å². The molecule has 4 nitrogen and oxygen atoms in total. The normalized spacial score (nSPS) is 12.7. The zero-order valence-electron chi connectivity index (χ0n) is 10.9. The maximum Gasteiger partial charge on any atom is 0.328 e. The minimum Gasteiger partial charge on any atom is -0.352 e. The van der Waals surface area contributed by atoms with Crippen LogP contribution in [0.3, 0.4) is 0 Å². The van der Waals surface area contributed by atoms with Crippen LogP contribution in [-0.4, -0.2) is 18.3 Å². The lowest BCUT2D eigenvalue weighted by Crippen LogP contribution is -2.44. The third-order valence-corrected chi connectivity index (χ3v) is 3.95. The number of hydrogen-bond donors (Lipinski definition) is 2. The maximum absolute atomic E-state index is 12.0. The van der Waals surface area contributed by atoms with Crippen molar-refractivity contribution in [2.45, 2.75) is 9.96 Å². The van der Waals surface area contributed by atoms with E-state index in [1.807, 2.05) is 30.3 Å². The highest BCUT2D eigenvalue weighted by Gasteiger charge is 2.35. The first-order valence-corrected chi connectivity index (χ1v) is 7.98. The Morgan fingerprint density at radius 3 is 2.41 bits per heavy atom. The number of benzene rings is 1. The number of hydrogen-bond acceptors (Lipinski definition) is 3. The van der Waals surface area contributed by atoms with E-state index in [0.717, 1.165) is 5.56 Å². The molecule has 2 N–H and O–H groups in total. The van der Waals surface area contributed by atoms with Gasteiger partial charge in [0.15, 0.2) is 6.17 Å². The van der Waals surface area contributed by atoms with Crippen molar-refractivity contribution in [3.63, 3.8) is 0 Å². The van der Waals surface area contributed by atoms with E-state index in [2.05, 4.69) is 10.3 Å². The molecule has 0 unspecified atom stereocenters. The summed E-state index contributed by atoms with van der Waals surface area (Å²) in [6.07, 6.45) is 0.443. The lowest BCUT2D eigenvalue weighted by atomic mass is 10.2. The van der Waals surface area contributed by atoms with Crippen LogP contribution in [0.1, 0.15) is 11.7 Å². The molecule has 2 rings (SSSR count). The van der Waals surface area contributed by atoms with Gasteiger partial charge in [-0.25, -0.2) is 4.79 Å². The summed E-state index contributed by atoms with van der Waals surface area (Å²) in [6, 6.07) is 10.7. The molecule has 0 aliphatic heterocycles. The SMILES string of the molecule is O=c1[nH]c(=S)ccn1[C@@H](NC(=S)c1ccccc1)C(Cl)(Cl)Cl. The van der Waals surface area contributed by atoms with Crippen LogP contribution in [-0.2, 0) is 0 Å². The number of H-pyrrole nitrogens is 1. The molecule has 22 heavy (non-hydrogen) atoms. The number of thiocarbonyl (C=S) groups is 1. The van der Waals surface area contributed by atoms with Crippen molar-refractivity contribution < 1.29 is 0 Å². The molecule has 9 heteroatoms. The van der Waals surface area contributed by atoms with Gasteiger partial charge in [-0.1, -0.05) is 89.6 Å². The molecule has 1 heterocycles. The summed E-state index contributed by atoms with van der Waals surface area (Å²) in [5.74, 6) is 0. The molecule has 1 atom stereocenters. The van der Waals surface area contributed by atoms with Gasteiger partial charge in [-0.2, -0.15) is 0 Å². The van der Waals surface area contributed by atoms with E-state index >= 15 is 0 Å². The molecular weight excluding hydrogens is 385 g/mol. The van der Waals surface area contributed by atoms with E-state index in [0.29, 0.717) is 4.99 Å². The van der Waals surface area contributed by atoms with Crippen LogP contribution in [0.5, 0.6) is 0 Å². The Morgan fingerprint density at radius 2 is 1.86 bits per heavy atom. The maximum atomic E-state index is 12.0. The number of nitrogens with zero attached hydrogens (tertiary/aromatic N) is 1. The van der Waals surface area contributed by atoms with Crippen molar-refractivity contribution in [2.24, 2.45) is 0 Å². The van der Waals surface area contributed by atoms with Crippen LogP contribution in [0, 0.1) is 4.64 Å². The van der Waals surface area contributed by atoms with Crippen LogP contribution in [0.2, 0.25) is 0 Å². The highest BCUT2D eigenvalue weighted by molar-refractivity contribution is 7.80. The van der Waals surface area contributed by atoms with Crippen molar-refractivity contribution in [3.8, 4) is 0 Å². The van der Waals surface area contributed by atoms with Crippen LogP contribution < -0.4 is 11.0 Å². The average Bonchev–Trinajstić information content (AvgIpc) is 2.45. The van der Waals surface area contributed by atoms with Crippen molar-refractivity contribution in [3.05, 3.63) is 63.3 Å². The van der Waals surface area contributed by atoms with Gasteiger partial charge in [0.05, 0.1) is 0 Å². The van der Waals surface area contributed by atoms with Crippen LogP contribution >= 0.6 is 59.2 Å². The van der Waals surface area contributed by atoms with Gasteiger partial charge in [0.1, 0.15) is 9.63 Å². The smallest absolute Gasteiger partial charge is 0.328 e. The first-order valence-electron chi connectivity index (χ1n) is 6.03. The summed E-state index contributed by atoms with van der Waals surface area (Å²) in [5, 5.41) is 2.89. The Balaban J connectivity index is 2.38. The second-order valence-corrected chi connectivity index (χ2v) is 7.52. The second-order valence-electron chi connectivity index (χ2n) is 4.30. The molecule has 0 bridgehead atoms. The topological polar surface area (TPSA) is 49.8 Å². The van der Waals surface area contributed by atoms with Crippen LogP contribution in [0.4, 0.5) is 0 Å². The van der Waals surface area contributed by atoms with Crippen molar-refractivity contribution in [2.75, 3.05) is 0 Å². The fraction of sp³-hybridized carbons (Fsp3) is 0.154. The second kappa shape index (κ2) is 7.10. The average molecular weight is 395 g/mol. The quantitative estimate of drug-likeness (QED) is 0.615. The molecule has 0 saturated carbocycles. The fourth-order valence-corrected chi connectivity index (χ4v) is 2.61. The van der Waals surface area contributed by atoms with E-state index in [4.69, 9.17) is 59.2 Å². The molecule has 2 aromatic rings. The molecule has 1 aromatic heterocycles. The van der Waals surface area contributed by atoms with Gasteiger partial charge >= 0.3 is 5.69 Å². The van der Waals surface area contributed by atoms with Gasteiger partial charge in [-0.15, -0.1) is 0 Å². The molecular formula is C13H10Cl3N3OS2. The zero-order valence-corrected chi connectivity index (χ0v) is 14.8. The van der Waals surface area contributed by atoms with Gasteiger partial charge in [-0.05, 0) is 6.07 Å². The molecule has 116 valence electrons. The molecule has 0 saturated heterocycles. The molecule has 1 aromatic carbocycles. The lowest BCUT2D eigenvalue weighted by molar-refractivity contribution is 0.457. The predicted octanol–water partition coefficient (Wildman–Crippen LogP) is 3.74. The summed E-state index contributed by atoms with van der Waals surface area (Å²) in [7, 11) is 0. The Bertz CT molecular complexity index is 783. The number of aromatic nitrogens is 2. The van der Waals surface area contributed by atoms with Gasteiger partial charge in [0.2, 0.25) is 3.79 Å². The number of nitrogens with one attached hydrogen (secondary N) is 2. The Morgan fingerprint density at radius 1 is 1.23 bits per heavy atom. The third-order valence-electron chi connectivity index (χ3n) is 2.74. The Labute approximate surface area is 152 Å².